The molecule has 0 spiro atoms. The molecule has 0 aliphatic carbocycles. The molecule has 0 saturated carbocycles. The SMILES string of the molecule is CCCNc1ccc(C(=O)NCCCS(C)(=O)=O)nc1. The predicted molar refractivity (Wildman–Crippen MR) is 79.7 cm³/mol. The first-order valence-corrected chi connectivity index (χ1v) is 8.64. The van der Waals surface area contributed by atoms with Crippen LogP contribution in [0.3, 0.4) is 0 Å². The molecule has 1 heterocycles. The summed E-state index contributed by atoms with van der Waals surface area (Å²) in [7, 11) is -2.98. The average molecular weight is 299 g/mol. The summed E-state index contributed by atoms with van der Waals surface area (Å²) in [5.41, 5.74) is 1.20. The summed E-state index contributed by atoms with van der Waals surface area (Å²) in [5, 5.41) is 5.82. The molecule has 7 heteroatoms. The normalized spacial score (nSPS) is 11.1. The van der Waals surface area contributed by atoms with Gasteiger partial charge in [0, 0.05) is 19.3 Å². The van der Waals surface area contributed by atoms with Gasteiger partial charge in [-0.25, -0.2) is 13.4 Å². The van der Waals surface area contributed by atoms with Crippen molar-refractivity contribution < 1.29 is 13.2 Å². The third-order valence-corrected chi connectivity index (χ3v) is 3.58. The number of carbonyl (C=O) groups excluding carboxylic acids is 1. The van der Waals surface area contributed by atoms with Crippen LogP contribution in [-0.4, -0.2) is 44.4 Å². The number of amides is 1. The number of hydrogen-bond donors (Lipinski definition) is 2. The zero-order valence-corrected chi connectivity index (χ0v) is 12.7. The van der Waals surface area contributed by atoms with E-state index in [4.69, 9.17) is 0 Å². The Morgan fingerprint density at radius 3 is 2.60 bits per heavy atom. The number of aromatic nitrogens is 1. The minimum Gasteiger partial charge on any atom is -0.384 e. The van der Waals surface area contributed by atoms with Gasteiger partial charge < -0.3 is 10.6 Å². The van der Waals surface area contributed by atoms with E-state index in [-0.39, 0.29) is 11.7 Å². The van der Waals surface area contributed by atoms with E-state index >= 15 is 0 Å². The molecule has 0 unspecified atom stereocenters. The Morgan fingerprint density at radius 2 is 2.05 bits per heavy atom. The monoisotopic (exact) mass is 299 g/mol. The van der Waals surface area contributed by atoms with Crippen molar-refractivity contribution in [3.05, 3.63) is 24.0 Å². The van der Waals surface area contributed by atoms with Crippen LogP contribution in [0.5, 0.6) is 0 Å². The van der Waals surface area contributed by atoms with Crippen LogP contribution in [0.15, 0.2) is 18.3 Å². The fraction of sp³-hybridized carbons (Fsp3) is 0.538. The van der Waals surface area contributed by atoms with Crippen molar-refractivity contribution >= 4 is 21.4 Å². The lowest BCUT2D eigenvalue weighted by Gasteiger charge is -2.06. The van der Waals surface area contributed by atoms with Gasteiger partial charge in [0.2, 0.25) is 0 Å². The van der Waals surface area contributed by atoms with Crippen LogP contribution in [0.4, 0.5) is 5.69 Å². The summed E-state index contributed by atoms with van der Waals surface area (Å²) in [6.45, 7) is 3.25. The lowest BCUT2D eigenvalue weighted by Crippen LogP contribution is -2.26. The molecule has 0 aliphatic heterocycles. The molecule has 0 radical (unpaired) electrons. The van der Waals surface area contributed by atoms with Crippen LogP contribution in [0.25, 0.3) is 0 Å². The third kappa shape index (κ3) is 6.51. The van der Waals surface area contributed by atoms with Crippen molar-refractivity contribution in [1.82, 2.24) is 10.3 Å². The zero-order chi connectivity index (χ0) is 15.0. The highest BCUT2D eigenvalue weighted by molar-refractivity contribution is 7.90. The van der Waals surface area contributed by atoms with Crippen molar-refractivity contribution in [3.8, 4) is 0 Å². The molecule has 0 aromatic carbocycles. The number of nitrogens with one attached hydrogen (secondary N) is 2. The van der Waals surface area contributed by atoms with Crippen LogP contribution in [-0.2, 0) is 9.84 Å². The van der Waals surface area contributed by atoms with Crippen molar-refractivity contribution in [2.45, 2.75) is 19.8 Å². The fourth-order valence-electron chi connectivity index (χ4n) is 1.53. The quantitative estimate of drug-likeness (QED) is 0.701. The van der Waals surface area contributed by atoms with Gasteiger partial charge in [-0.1, -0.05) is 6.92 Å². The van der Waals surface area contributed by atoms with Gasteiger partial charge in [0.1, 0.15) is 15.5 Å². The number of anilines is 1. The van der Waals surface area contributed by atoms with Gasteiger partial charge in [-0.3, -0.25) is 4.79 Å². The molecule has 20 heavy (non-hydrogen) atoms. The van der Waals surface area contributed by atoms with Crippen molar-refractivity contribution in [2.24, 2.45) is 0 Å². The number of hydrogen-bond acceptors (Lipinski definition) is 5. The van der Waals surface area contributed by atoms with Crippen molar-refractivity contribution in [1.29, 1.82) is 0 Å². The van der Waals surface area contributed by atoms with Gasteiger partial charge in [-0.05, 0) is 25.0 Å². The second-order valence-electron chi connectivity index (χ2n) is 4.60. The molecule has 0 atom stereocenters. The van der Waals surface area contributed by atoms with E-state index in [0.29, 0.717) is 18.7 Å². The lowest BCUT2D eigenvalue weighted by atomic mass is 10.3. The second kappa shape index (κ2) is 7.84. The predicted octanol–water partition coefficient (Wildman–Crippen LogP) is 1.07. The molecule has 2 N–H and O–H groups in total. The number of rotatable bonds is 8. The van der Waals surface area contributed by atoms with E-state index < -0.39 is 9.84 Å². The van der Waals surface area contributed by atoms with Gasteiger partial charge in [0.15, 0.2) is 0 Å². The average Bonchev–Trinajstić information content (AvgIpc) is 2.40. The highest BCUT2D eigenvalue weighted by atomic mass is 32.2. The van der Waals surface area contributed by atoms with Crippen molar-refractivity contribution in [2.75, 3.05) is 30.4 Å². The van der Waals surface area contributed by atoms with Gasteiger partial charge in [-0.15, -0.1) is 0 Å². The Morgan fingerprint density at radius 1 is 1.30 bits per heavy atom. The van der Waals surface area contributed by atoms with Crippen molar-refractivity contribution in [3.63, 3.8) is 0 Å². The summed E-state index contributed by atoms with van der Waals surface area (Å²) in [4.78, 5) is 15.8. The maximum Gasteiger partial charge on any atom is 0.269 e. The largest absolute Gasteiger partial charge is 0.384 e. The van der Waals surface area contributed by atoms with Crippen LogP contribution in [0, 0.1) is 0 Å². The topological polar surface area (TPSA) is 88.2 Å². The summed E-state index contributed by atoms with van der Waals surface area (Å²) < 4.78 is 21.9. The van der Waals surface area contributed by atoms with E-state index in [1.54, 1.807) is 18.3 Å². The molecule has 6 nitrogen and oxygen atoms in total. The molecule has 1 rings (SSSR count). The highest BCUT2D eigenvalue weighted by Gasteiger charge is 2.07. The van der Waals surface area contributed by atoms with E-state index in [0.717, 1.165) is 18.7 Å². The van der Waals surface area contributed by atoms with Gasteiger partial charge in [0.05, 0.1) is 17.6 Å². The third-order valence-electron chi connectivity index (χ3n) is 2.55. The summed E-state index contributed by atoms with van der Waals surface area (Å²) in [6.07, 6.45) is 4.21. The van der Waals surface area contributed by atoms with Crippen LogP contribution < -0.4 is 10.6 Å². The maximum atomic E-state index is 11.8. The summed E-state index contributed by atoms with van der Waals surface area (Å²) in [6, 6.07) is 3.44. The second-order valence-corrected chi connectivity index (χ2v) is 6.86. The van der Waals surface area contributed by atoms with Crippen LogP contribution in [0.1, 0.15) is 30.3 Å². The first-order valence-electron chi connectivity index (χ1n) is 6.58. The molecule has 0 bridgehead atoms. The zero-order valence-electron chi connectivity index (χ0n) is 11.8. The molecule has 1 aromatic rings. The summed E-state index contributed by atoms with van der Waals surface area (Å²) in [5.74, 6) is -0.221. The molecular formula is C13H21N3O3S. The Bertz CT molecular complexity index is 526. The van der Waals surface area contributed by atoms with Gasteiger partial charge >= 0.3 is 0 Å². The lowest BCUT2D eigenvalue weighted by molar-refractivity contribution is 0.0949. The number of carbonyl (C=O) groups is 1. The Balaban J connectivity index is 2.39. The molecular weight excluding hydrogens is 278 g/mol. The molecule has 0 aliphatic rings. The first-order chi connectivity index (χ1) is 9.42. The standard InChI is InChI=1S/C13H21N3O3S/c1-3-7-14-11-5-6-12(16-10-11)13(17)15-8-4-9-20(2,18)19/h5-6,10,14H,3-4,7-9H2,1-2H3,(H,15,17). The van der Waals surface area contributed by atoms with E-state index in [1.165, 1.54) is 6.26 Å². The van der Waals surface area contributed by atoms with Crippen LogP contribution in [0.2, 0.25) is 0 Å². The summed E-state index contributed by atoms with van der Waals surface area (Å²) >= 11 is 0. The van der Waals surface area contributed by atoms with E-state index in [9.17, 15) is 13.2 Å². The Labute approximate surface area is 119 Å². The van der Waals surface area contributed by atoms with Gasteiger partial charge in [0.25, 0.3) is 5.91 Å². The molecule has 0 fully saturated rings. The van der Waals surface area contributed by atoms with E-state index in [2.05, 4.69) is 22.5 Å². The van der Waals surface area contributed by atoms with Crippen LogP contribution >= 0.6 is 0 Å². The number of pyridine rings is 1. The molecule has 1 aromatic heterocycles. The first kappa shape index (κ1) is 16.4. The van der Waals surface area contributed by atoms with Gasteiger partial charge in [-0.2, -0.15) is 0 Å². The minimum atomic E-state index is -2.98. The molecule has 112 valence electrons. The highest BCUT2D eigenvalue weighted by Crippen LogP contribution is 2.06. The Kier molecular flexibility index (Phi) is 6.44. The fourth-order valence-corrected chi connectivity index (χ4v) is 2.20. The Hall–Kier alpha value is -1.63. The smallest absolute Gasteiger partial charge is 0.269 e. The number of nitrogens with zero attached hydrogens (tertiary/aromatic N) is 1. The molecule has 1 amide bonds. The number of sulfone groups is 1. The van der Waals surface area contributed by atoms with E-state index in [1.807, 2.05) is 0 Å². The molecule has 0 saturated heterocycles. The maximum absolute atomic E-state index is 11.8. The minimum absolute atomic E-state index is 0.0700.